The van der Waals surface area contributed by atoms with Crippen molar-refractivity contribution in [3.8, 4) is 5.75 Å². The molecule has 0 radical (unpaired) electrons. The number of hydrogen-bond acceptors (Lipinski definition) is 7. The topological polar surface area (TPSA) is 148 Å². The molecule has 3 N–H and O–H groups in total. The van der Waals surface area contributed by atoms with E-state index in [1.807, 2.05) is 0 Å². The average molecular weight is 356 g/mol. The highest BCUT2D eigenvalue weighted by atomic mass is 16.6. The Labute approximate surface area is 143 Å². The van der Waals surface area contributed by atoms with E-state index < -0.39 is 16.9 Å². The van der Waals surface area contributed by atoms with Gasteiger partial charge in [0.2, 0.25) is 0 Å². The van der Waals surface area contributed by atoms with Gasteiger partial charge in [-0.05, 0) is 18.9 Å². The van der Waals surface area contributed by atoms with Crippen molar-refractivity contribution in [1.82, 2.24) is 5.32 Å². The molecule has 1 aliphatic heterocycles. The molecule has 0 saturated carbocycles. The van der Waals surface area contributed by atoms with Crippen molar-refractivity contribution in [2.45, 2.75) is 18.9 Å². The summed E-state index contributed by atoms with van der Waals surface area (Å²) in [6, 6.07) is 6.40. The van der Waals surface area contributed by atoms with E-state index in [-0.39, 0.29) is 5.69 Å². The number of carboxylic acid groups (broad SMARTS) is 2. The molecule has 0 aromatic heterocycles. The average Bonchev–Trinajstić information content (AvgIpc) is 3.08. The summed E-state index contributed by atoms with van der Waals surface area (Å²) >= 11 is 0. The third kappa shape index (κ3) is 8.08. The fourth-order valence-corrected chi connectivity index (χ4v) is 2.03. The number of benzene rings is 1. The maximum Gasteiger partial charge on any atom is 0.414 e. The number of carbonyl (C=O) groups is 2. The fraction of sp³-hybridized carbons (Fsp3) is 0.467. The van der Waals surface area contributed by atoms with Crippen LogP contribution in [0.25, 0.3) is 0 Å². The molecular formula is C15H20N2O8. The van der Waals surface area contributed by atoms with Gasteiger partial charge in [0.1, 0.15) is 6.61 Å². The summed E-state index contributed by atoms with van der Waals surface area (Å²) in [7, 11) is 0. The number of nitrogens with zero attached hydrogens (tertiary/aromatic N) is 1. The molecule has 1 atom stereocenters. The molecule has 10 nitrogen and oxygen atoms in total. The lowest BCUT2D eigenvalue weighted by atomic mass is 10.2. The van der Waals surface area contributed by atoms with Crippen molar-refractivity contribution in [2.24, 2.45) is 0 Å². The molecule has 10 heteroatoms. The second-order valence-electron chi connectivity index (χ2n) is 5.02. The second kappa shape index (κ2) is 10.9. The SMILES string of the molecule is O=C(O)C(=O)O.O=[N+]([O-])c1ccccc1OCCNCC1CCCO1. The van der Waals surface area contributed by atoms with Gasteiger partial charge in [-0.1, -0.05) is 12.1 Å². The van der Waals surface area contributed by atoms with E-state index in [1.54, 1.807) is 18.2 Å². The molecule has 2 rings (SSSR count). The van der Waals surface area contributed by atoms with Gasteiger partial charge < -0.3 is 25.0 Å². The van der Waals surface area contributed by atoms with Crippen molar-refractivity contribution in [1.29, 1.82) is 0 Å². The van der Waals surface area contributed by atoms with E-state index in [9.17, 15) is 10.1 Å². The highest BCUT2D eigenvalue weighted by Crippen LogP contribution is 2.25. The summed E-state index contributed by atoms with van der Waals surface area (Å²) < 4.78 is 10.9. The highest BCUT2D eigenvalue weighted by molar-refractivity contribution is 6.27. The van der Waals surface area contributed by atoms with E-state index >= 15 is 0 Å². The molecule has 1 aromatic rings. The molecule has 138 valence electrons. The maximum absolute atomic E-state index is 10.8. The minimum atomic E-state index is -1.82. The zero-order valence-electron chi connectivity index (χ0n) is 13.4. The Morgan fingerprint density at radius 2 is 2.00 bits per heavy atom. The summed E-state index contributed by atoms with van der Waals surface area (Å²) in [5.41, 5.74) is 0.00151. The Kier molecular flexibility index (Phi) is 8.90. The van der Waals surface area contributed by atoms with Gasteiger partial charge >= 0.3 is 17.6 Å². The van der Waals surface area contributed by atoms with Crippen molar-refractivity contribution in [3.05, 3.63) is 34.4 Å². The second-order valence-corrected chi connectivity index (χ2v) is 5.02. The van der Waals surface area contributed by atoms with Crippen LogP contribution in [0.2, 0.25) is 0 Å². The van der Waals surface area contributed by atoms with E-state index in [1.165, 1.54) is 6.07 Å². The molecule has 1 aromatic carbocycles. The first-order valence-corrected chi connectivity index (χ1v) is 7.56. The number of nitro groups is 1. The van der Waals surface area contributed by atoms with Crippen LogP contribution in [0.4, 0.5) is 5.69 Å². The summed E-state index contributed by atoms with van der Waals surface area (Å²) in [6.07, 6.45) is 2.52. The Morgan fingerprint density at radius 1 is 1.32 bits per heavy atom. The van der Waals surface area contributed by atoms with Gasteiger partial charge in [-0.3, -0.25) is 10.1 Å². The largest absolute Gasteiger partial charge is 0.485 e. The van der Waals surface area contributed by atoms with Crippen LogP contribution in [-0.2, 0) is 14.3 Å². The molecule has 1 fully saturated rings. The number of hydrogen-bond donors (Lipinski definition) is 3. The smallest absolute Gasteiger partial charge is 0.414 e. The lowest BCUT2D eigenvalue weighted by molar-refractivity contribution is -0.385. The van der Waals surface area contributed by atoms with Crippen LogP contribution in [-0.4, -0.2) is 59.5 Å². The molecule has 0 aliphatic carbocycles. The van der Waals surface area contributed by atoms with Gasteiger partial charge in [-0.15, -0.1) is 0 Å². The molecule has 1 saturated heterocycles. The molecule has 1 unspecified atom stereocenters. The van der Waals surface area contributed by atoms with Gasteiger partial charge in [0, 0.05) is 25.8 Å². The van der Waals surface area contributed by atoms with Crippen LogP contribution in [0.15, 0.2) is 24.3 Å². The number of para-hydroxylation sites is 2. The van der Waals surface area contributed by atoms with Crippen molar-refractivity contribution in [3.63, 3.8) is 0 Å². The highest BCUT2D eigenvalue weighted by Gasteiger charge is 2.15. The molecule has 1 aliphatic rings. The van der Waals surface area contributed by atoms with Crippen LogP contribution in [0.1, 0.15) is 12.8 Å². The molecular weight excluding hydrogens is 336 g/mol. The van der Waals surface area contributed by atoms with Gasteiger partial charge in [-0.25, -0.2) is 9.59 Å². The molecule has 0 spiro atoms. The van der Waals surface area contributed by atoms with Crippen LogP contribution >= 0.6 is 0 Å². The molecule has 1 heterocycles. The predicted molar refractivity (Wildman–Crippen MR) is 85.7 cm³/mol. The van der Waals surface area contributed by atoms with Crippen LogP contribution in [0.3, 0.4) is 0 Å². The summed E-state index contributed by atoms with van der Waals surface area (Å²) in [4.78, 5) is 28.5. The first-order valence-electron chi connectivity index (χ1n) is 7.56. The van der Waals surface area contributed by atoms with Gasteiger partial charge in [0.15, 0.2) is 5.75 Å². The van der Waals surface area contributed by atoms with Gasteiger partial charge in [-0.2, -0.15) is 0 Å². The van der Waals surface area contributed by atoms with Gasteiger partial charge in [0.05, 0.1) is 11.0 Å². The summed E-state index contributed by atoms with van der Waals surface area (Å²) in [6.45, 7) is 2.70. The third-order valence-corrected chi connectivity index (χ3v) is 3.18. The maximum atomic E-state index is 10.8. The third-order valence-electron chi connectivity index (χ3n) is 3.18. The molecule has 0 amide bonds. The number of nitrogens with one attached hydrogen (secondary N) is 1. The Bertz CT molecular complexity index is 575. The van der Waals surface area contributed by atoms with Crippen LogP contribution in [0, 0.1) is 10.1 Å². The molecule has 0 bridgehead atoms. The Morgan fingerprint density at radius 3 is 2.56 bits per heavy atom. The minimum Gasteiger partial charge on any atom is -0.485 e. The van der Waals surface area contributed by atoms with Crippen molar-refractivity contribution < 1.29 is 34.2 Å². The van der Waals surface area contributed by atoms with E-state index in [4.69, 9.17) is 29.3 Å². The number of aliphatic carboxylic acids is 2. The van der Waals surface area contributed by atoms with E-state index in [0.717, 1.165) is 26.0 Å². The number of ether oxygens (including phenoxy) is 2. The normalized spacial score (nSPS) is 15.8. The quantitative estimate of drug-likeness (QED) is 0.280. The number of rotatable bonds is 7. The minimum absolute atomic E-state index is 0.00151. The zero-order chi connectivity index (χ0) is 18.7. The predicted octanol–water partition coefficient (Wildman–Crippen LogP) is 0.898. The standard InChI is InChI=1S/C13H18N2O4.C2H2O4/c16-15(17)12-5-1-2-6-13(12)19-9-7-14-10-11-4-3-8-18-11;3-1(4)2(5)6/h1-2,5-6,11,14H,3-4,7-10H2;(H,3,4)(H,5,6). The monoisotopic (exact) mass is 356 g/mol. The number of carboxylic acids is 2. The van der Waals surface area contributed by atoms with Crippen LogP contribution < -0.4 is 10.1 Å². The summed E-state index contributed by atoms with van der Waals surface area (Å²) in [5.74, 6) is -3.34. The van der Waals surface area contributed by atoms with E-state index in [2.05, 4.69) is 5.32 Å². The summed E-state index contributed by atoms with van der Waals surface area (Å²) in [5, 5.41) is 28.8. The Hall–Kier alpha value is -2.72. The zero-order valence-corrected chi connectivity index (χ0v) is 13.4. The first kappa shape index (κ1) is 20.3. The number of nitro benzene ring substituents is 1. The Balaban J connectivity index is 0.000000450. The lowest BCUT2D eigenvalue weighted by Crippen LogP contribution is -2.29. The van der Waals surface area contributed by atoms with E-state index in [0.29, 0.717) is 25.0 Å². The lowest BCUT2D eigenvalue weighted by Gasteiger charge is -2.11. The fourth-order valence-electron chi connectivity index (χ4n) is 2.03. The van der Waals surface area contributed by atoms with Gasteiger partial charge in [0.25, 0.3) is 0 Å². The molecule has 25 heavy (non-hydrogen) atoms. The van der Waals surface area contributed by atoms with Crippen LogP contribution in [0.5, 0.6) is 5.75 Å². The first-order chi connectivity index (χ1) is 11.9. The van der Waals surface area contributed by atoms with Crippen molar-refractivity contribution in [2.75, 3.05) is 26.3 Å². The van der Waals surface area contributed by atoms with Crippen molar-refractivity contribution >= 4 is 17.6 Å².